The molecule has 0 unspecified atom stereocenters. The van der Waals surface area contributed by atoms with Crippen LogP contribution in [0.1, 0.15) is 29.4 Å². The van der Waals surface area contributed by atoms with Gasteiger partial charge in [-0.25, -0.2) is 4.39 Å². The number of halogens is 1. The molecule has 0 fully saturated rings. The fourth-order valence-electron chi connectivity index (χ4n) is 1.93. The molecule has 0 radical (unpaired) electrons. The predicted molar refractivity (Wildman–Crippen MR) is 67.6 cm³/mol. The van der Waals surface area contributed by atoms with Gasteiger partial charge in [0.2, 0.25) is 0 Å². The van der Waals surface area contributed by atoms with Crippen LogP contribution in [0.25, 0.3) is 10.9 Å². The Bertz CT molecular complexity index is 596. The summed E-state index contributed by atoms with van der Waals surface area (Å²) in [6.45, 7) is 2.01. The molecule has 94 valence electrons. The second-order valence-electron chi connectivity index (χ2n) is 4.07. The van der Waals surface area contributed by atoms with E-state index < -0.39 is 5.82 Å². The molecule has 2 aromatic rings. The number of nitrogens with zero attached hydrogens (tertiary/aromatic N) is 1. The highest BCUT2D eigenvalue weighted by molar-refractivity contribution is 5.88. The van der Waals surface area contributed by atoms with Crippen molar-refractivity contribution in [2.24, 2.45) is 0 Å². The molecule has 3 nitrogen and oxygen atoms in total. The average Bonchev–Trinajstić information content (AvgIpc) is 2.37. The first-order valence-corrected chi connectivity index (χ1v) is 5.82. The first-order chi connectivity index (χ1) is 8.69. The topological polar surface area (TPSA) is 39.2 Å². The van der Waals surface area contributed by atoms with Gasteiger partial charge in [0.25, 0.3) is 0 Å². The van der Waals surface area contributed by atoms with Crippen LogP contribution in [0.5, 0.6) is 5.75 Å². The van der Waals surface area contributed by atoms with E-state index >= 15 is 0 Å². The van der Waals surface area contributed by atoms with Crippen molar-refractivity contribution >= 4 is 17.2 Å². The molecule has 0 N–H and O–H groups in total. The first-order valence-electron chi connectivity index (χ1n) is 5.82. The van der Waals surface area contributed by atoms with Crippen molar-refractivity contribution in [3.8, 4) is 5.75 Å². The zero-order chi connectivity index (χ0) is 13.1. The largest absolute Gasteiger partial charge is 0.494 e. The zero-order valence-electron chi connectivity index (χ0n) is 10.4. The molecule has 1 aromatic carbocycles. The number of hydrogen-bond donors (Lipinski definition) is 0. The number of carbonyl (C=O) groups is 1. The Balaban J connectivity index is 2.66. The van der Waals surface area contributed by atoms with Crippen LogP contribution in [-0.2, 0) is 6.42 Å². The third kappa shape index (κ3) is 2.18. The van der Waals surface area contributed by atoms with Gasteiger partial charge in [-0.3, -0.25) is 9.78 Å². The van der Waals surface area contributed by atoms with E-state index in [-0.39, 0.29) is 5.75 Å². The monoisotopic (exact) mass is 247 g/mol. The maximum Gasteiger partial charge on any atom is 0.167 e. The Kier molecular flexibility index (Phi) is 3.55. The lowest BCUT2D eigenvalue weighted by molar-refractivity contribution is 0.112. The van der Waals surface area contributed by atoms with Gasteiger partial charge in [0.05, 0.1) is 18.3 Å². The lowest BCUT2D eigenvalue weighted by Crippen LogP contribution is -1.98. The lowest BCUT2D eigenvalue weighted by atomic mass is 10.1. The van der Waals surface area contributed by atoms with E-state index in [0.29, 0.717) is 28.6 Å². The minimum Gasteiger partial charge on any atom is -0.494 e. The van der Waals surface area contributed by atoms with Crippen LogP contribution in [0, 0.1) is 5.82 Å². The summed E-state index contributed by atoms with van der Waals surface area (Å²) in [4.78, 5) is 15.4. The number of aldehydes is 1. The van der Waals surface area contributed by atoms with E-state index in [2.05, 4.69) is 4.98 Å². The number of aromatic nitrogens is 1. The van der Waals surface area contributed by atoms with Gasteiger partial charge in [-0.15, -0.1) is 0 Å². The van der Waals surface area contributed by atoms with Crippen molar-refractivity contribution in [1.82, 2.24) is 4.98 Å². The Morgan fingerprint density at radius 1 is 1.39 bits per heavy atom. The Hall–Kier alpha value is -1.97. The molecular weight excluding hydrogens is 233 g/mol. The van der Waals surface area contributed by atoms with Crippen LogP contribution >= 0.6 is 0 Å². The molecule has 18 heavy (non-hydrogen) atoms. The summed E-state index contributed by atoms with van der Waals surface area (Å²) in [5.74, 6) is -0.289. The minimum atomic E-state index is -0.446. The first kappa shape index (κ1) is 12.5. The Morgan fingerprint density at radius 3 is 2.78 bits per heavy atom. The molecule has 0 atom stereocenters. The highest BCUT2D eigenvalue weighted by Gasteiger charge is 2.10. The van der Waals surface area contributed by atoms with Gasteiger partial charge in [0, 0.05) is 17.0 Å². The summed E-state index contributed by atoms with van der Waals surface area (Å²) in [5.41, 5.74) is 1.81. The second-order valence-corrected chi connectivity index (χ2v) is 4.07. The van der Waals surface area contributed by atoms with E-state index in [1.807, 2.05) is 6.92 Å². The SMILES string of the molecule is CCCc1nc2cc(F)c(OC)cc2cc1C=O. The van der Waals surface area contributed by atoms with Crippen molar-refractivity contribution in [2.45, 2.75) is 19.8 Å². The van der Waals surface area contributed by atoms with Crippen LogP contribution in [-0.4, -0.2) is 18.4 Å². The molecule has 2 rings (SSSR count). The number of pyridine rings is 1. The van der Waals surface area contributed by atoms with Gasteiger partial charge in [0.1, 0.15) is 0 Å². The molecule has 0 aliphatic rings. The van der Waals surface area contributed by atoms with Crippen molar-refractivity contribution in [3.05, 3.63) is 35.3 Å². The smallest absolute Gasteiger partial charge is 0.167 e. The number of aryl methyl sites for hydroxylation is 1. The number of hydrogen-bond acceptors (Lipinski definition) is 3. The number of rotatable bonds is 4. The zero-order valence-corrected chi connectivity index (χ0v) is 10.4. The van der Waals surface area contributed by atoms with Gasteiger partial charge in [-0.2, -0.15) is 0 Å². The van der Waals surface area contributed by atoms with Crippen molar-refractivity contribution in [3.63, 3.8) is 0 Å². The second kappa shape index (κ2) is 5.12. The van der Waals surface area contributed by atoms with E-state index in [4.69, 9.17) is 4.74 Å². The molecular formula is C14H14FNO2. The molecule has 0 amide bonds. The number of carbonyl (C=O) groups excluding carboxylic acids is 1. The van der Waals surface area contributed by atoms with Crippen LogP contribution in [0.15, 0.2) is 18.2 Å². The molecule has 4 heteroatoms. The van der Waals surface area contributed by atoms with E-state index in [1.54, 1.807) is 12.1 Å². The summed E-state index contributed by atoms with van der Waals surface area (Å²) < 4.78 is 18.5. The number of fused-ring (bicyclic) bond motifs is 1. The van der Waals surface area contributed by atoms with Crippen LogP contribution in [0.4, 0.5) is 4.39 Å². The summed E-state index contributed by atoms with van der Waals surface area (Å²) in [5, 5.41) is 0.704. The van der Waals surface area contributed by atoms with E-state index in [0.717, 1.165) is 12.7 Å². The van der Waals surface area contributed by atoms with Gasteiger partial charge >= 0.3 is 0 Å². The number of benzene rings is 1. The van der Waals surface area contributed by atoms with E-state index in [1.165, 1.54) is 13.2 Å². The lowest BCUT2D eigenvalue weighted by Gasteiger charge is -2.08. The normalized spacial score (nSPS) is 10.6. The third-order valence-electron chi connectivity index (χ3n) is 2.81. The molecule has 0 saturated heterocycles. The molecule has 1 heterocycles. The van der Waals surface area contributed by atoms with Gasteiger partial charge in [-0.1, -0.05) is 13.3 Å². The maximum atomic E-state index is 13.6. The number of ether oxygens (including phenoxy) is 1. The number of methoxy groups -OCH3 is 1. The molecule has 0 saturated carbocycles. The highest BCUT2D eigenvalue weighted by atomic mass is 19.1. The van der Waals surface area contributed by atoms with Crippen LogP contribution < -0.4 is 4.74 Å². The van der Waals surface area contributed by atoms with E-state index in [9.17, 15) is 9.18 Å². The van der Waals surface area contributed by atoms with Crippen molar-refractivity contribution < 1.29 is 13.9 Å². The van der Waals surface area contributed by atoms with Crippen LogP contribution in [0.2, 0.25) is 0 Å². The summed E-state index contributed by atoms with van der Waals surface area (Å²) in [7, 11) is 1.41. The quantitative estimate of drug-likeness (QED) is 0.779. The Morgan fingerprint density at radius 2 is 2.17 bits per heavy atom. The van der Waals surface area contributed by atoms with Gasteiger partial charge in [0.15, 0.2) is 17.9 Å². The van der Waals surface area contributed by atoms with Crippen molar-refractivity contribution in [2.75, 3.05) is 7.11 Å². The van der Waals surface area contributed by atoms with Gasteiger partial charge < -0.3 is 4.74 Å². The van der Waals surface area contributed by atoms with Gasteiger partial charge in [-0.05, 0) is 18.6 Å². The highest BCUT2D eigenvalue weighted by Crippen LogP contribution is 2.25. The standard InChI is InChI=1S/C14H14FNO2/c1-3-4-12-10(8-17)5-9-6-14(18-2)11(15)7-13(9)16-12/h5-8H,3-4H2,1-2H3. The fraction of sp³-hybridized carbons (Fsp3) is 0.286. The molecule has 0 bridgehead atoms. The van der Waals surface area contributed by atoms with Crippen molar-refractivity contribution in [1.29, 1.82) is 0 Å². The maximum absolute atomic E-state index is 13.6. The molecule has 0 aliphatic heterocycles. The third-order valence-corrected chi connectivity index (χ3v) is 2.81. The minimum absolute atomic E-state index is 0.157. The molecule has 1 aromatic heterocycles. The summed E-state index contributed by atoms with van der Waals surface area (Å²) in [6, 6.07) is 4.62. The molecule has 0 aliphatic carbocycles. The Labute approximate surface area is 105 Å². The summed E-state index contributed by atoms with van der Waals surface area (Å²) >= 11 is 0. The van der Waals surface area contributed by atoms with Crippen LogP contribution in [0.3, 0.4) is 0 Å². The summed E-state index contributed by atoms with van der Waals surface area (Å²) in [6.07, 6.45) is 2.38. The fourth-order valence-corrected chi connectivity index (χ4v) is 1.93. The predicted octanol–water partition coefficient (Wildman–Crippen LogP) is 3.15. The average molecular weight is 247 g/mol. The molecule has 0 spiro atoms.